The molecule has 0 saturated heterocycles. The Balaban J connectivity index is 1.91. The number of anilines is 1. The first-order chi connectivity index (χ1) is 8.20. The van der Waals surface area contributed by atoms with E-state index in [1.165, 1.54) is 12.8 Å². The van der Waals surface area contributed by atoms with Crippen molar-refractivity contribution in [2.24, 2.45) is 0 Å². The van der Waals surface area contributed by atoms with Crippen LogP contribution in [0.3, 0.4) is 0 Å². The largest absolute Gasteiger partial charge is 0.356 e. The Morgan fingerprint density at radius 2 is 2.18 bits per heavy atom. The number of hydrogen-bond donors (Lipinski definition) is 1. The highest BCUT2D eigenvalue weighted by Gasteiger charge is 2.20. The Kier molecular flexibility index (Phi) is 3.94. The van der Waals surface area contributed by atoms with Gasteiger partial charge >= 0.3 is 0 Å². The van der Waals surface area contributed by atoms with Crippen molar-refractivity contribution in [1.82, 2.24) is 15.3 Å². The van der Waals surface area contributed by atoms with E-state index < -0.39 is 0 Å². The van der Waals surface area contributed by atoms with Gasteiger partial charge in [0.2, 0.25) is 0 Å². The summed E-state index contributed by atoms with van der Waals surface area (Å²) in [7, 11) is 2.07. The first-order valence-electron chi connectivity index (χ1n) is 6.47. The van der Waals surface area contributed by atoms with Crippen molar-refractivity contribution >= 4 is 5.82 Å². The van der Waals surface area contributed by atoms with Gasteiger partial charge in [-0.25, -0.2) is 4.98 Å². The minimum Gasteiger partial charge on any atom is -0.356 e. The molecule has 1 aromatic rings. The van der Waals surface area contributed by atoms with Crippen LogP contribution in [-0.4, -0.2) is 29.1 Å². The van der Waals surface area contributed by atoms with Crippen LogP contribution in [0, 0.1) is 0 Å². The smallest absolute Gasteiger partial charge is 0.147 e. The predicted molar refractivity (Wildman–Crippen MR) is 70.0 cm³/mol. The van der Waals surface area contributed by atoms with Gasteiger partial charge in [0.1, 0.15) is 5.82 Å². The molecule has 0 aliphatic heterocycles. The Hall–Kier alpha value is -1.16. The number of hydrogen-bond acceptors (Lipinski definition) is 4. The lowest BCUT2D eigenvalue weighted by Crippen LogP contribution is -2.29. The highest BCUT2D eigenvalue weighted by atomic mass is 15.2. The molecular formula is C13H22N4. The predicted octanol–water partition coefficient (Wildman–Crippen LogP) is 1.96. The summed E-state index contributed by atoms with van der Waals surface area (Å²) >= 11 is 0. The van der Waals surface area contributed by atoms with E-state index in [2.05, 4.69) is 41.1 Å². The Morgan fingerprint density at radius 3 is 2.71 bits per heavy atom. The van der Waals surface area contributed by atoms with Crippen LogP contribution in [0.25, 0.3) is 0 Å². The van der Waals surface area contributed by atoms with Gasteiger partial charge in [0.15, 0.2) is 0 Å². The van der Waals surface area contributed by atoms with Crippen LogP contribution in [0.15, 0.2) is 12.4 Å². The zero-order valence-electron chi connectivity index (χ0n) is 11.0. The normalized spacial score (nSPS) is 16.9. The molecule has 0 aromatic carbocycles. The molecule has 1 fully saturated rings. The highest BCUT2D eigenvalue weighted by Crippen LogP contribution is 2.19. The van der Waals surface area contributed by atoms with Crippen molar-refractivity contribution in [2.75, 3.05) is 11.9 Å². The number of aromatic nitrogens is 2. The Bertz CT molecular complexity index is 345. The van der Waals surface area contributed by atoms with Crippen LogP contribution < -0.4 is 10.2 Å². The van der Waals surface area contributed by atoms with Gasteiger partial charge in [-0.2, -0.15) is 0 Å². The van der Waals surface area contributed by atoms with E-state index in [0.29, 0.717) is 6.04 Å². The second kappa shape index (κ2) is 5.45. The highest BCUT2D eigenvalue weighted by molar-refractivity contribution is 5.35. The molecular weight excluding hydrogens is 212 g/mol. The Morgan fingerprint density at radius 1 is 1.41 bits per heavy atom. The maximum Gasteiger partial charge on any atom is 0.147 e. The van der Waals surface area contributed by atoms with Crippen LogP contribution in [0.1, 0.15) is 38.8 Å². The van der Waals surface area contributed by atoms with Gasteiger partial charge in [-0.15, -0.1) is 0 Å². The molecule has 1 aliphatic carbocycles. The molecule has 1 N–H and O–H groups in total. The maximum absolute atomic E-state index is 4.47. The van der Waals surface area contributed by atoms with Crippen LogP contribution >= 0.6 is 0 Å². The molecule has 1 aromatic heterocycles. The number of nitrogens with zero attached hydrogens (tertiary/aromatic N) is 3. The van der Waals surface area contributed by atoms with Crippen molar-refractivity contribution in [3.8, 4) is 0 Å². The van der Waals surface area contributed by atoms with E-state index in [-0.39, 0.29) is 0 Å². The molecule has 2 rings (SSSR count). The molecule has 1 heterocycles. The van der Waals surface area contributed by atoms with Crippen molar-refractivity contribution in [2.45, 2.75) is 51.7 Å². The van der Waals surface area contributed by atoms with Gasteiger partial charge in [-0.1, -0.05) is 6.92 Å². The van der Waals surface area contributed by atoms with E-state index >= 15 is 0 Å². The summed E-state index contributed by atoms with van der Waals surface area (Å²) < 4.78 is 0. The molecule has 0 amide bonds. The SMILES string of the molecule is CCC(C)N(C)c1cnc(CNC2CC2)cn1. The minimum atomic E-state index is 0.500. The van der Waals surface area contributed by atoms with Gasteiger partial charge < -0.3 is 10.2 Å². The zero-order chi connectivity index (χ0) is 12.3. The fourth-order valence-corrected chi connectivity index (χ4v) is 1.66. The minimum absolute atomic E-state index is 0.500. The average Bonchev–Trinajstić information content (AvgIpc) is 3.19. The quantitative estimate of drug-likeness (QED) is 0.817. The fraction of sp³-hybridized carbons (Fsp3) is 0.692. The topological polar surface area (TPSA) is 41.1 Å². The number of nitrogens with one attached hydrogen (secondary N) is 1. The monoisotopic (exact) mass is 234 g/mol. The summed E-state index contributed by atoms with van der Waals surface area (Å²) in [6.45, 7) is 5.22. The molecule has 0 radical (unpaired) electrons. The van der Waals surface area contributed by atoms with Crippen LogP contribution in [0.4, 0.5) is 5.82 Å². The molecule has 4 heteroatoms. The molecule has 0 spiro atoms. The summed E-state index contributed by atoms with van der Waals surface area (Å²) in [5.41, 5.74) is 1.03. The summed E-state index contributed by atoms with van der Waals surface area (Å²) in [4.78, 5) is 11.1. The summed E-state index contributed by atoms with van der Waals surface area (Å²) in [6, 6.07) is 1.22. The molecule has 94 valence electrons. The average molecular weight is 234 g/mol. The third-order valence-electron chi connectivity index (χ3n) is 3.45. The fourth-order valence-electron chi connectivity index (χ4n) is 1.66. The van der Waals surface area contributed by atoms with Crippen LogP contribution in [-0.2, 0) is 6.54 Å². The lowest BCUT2D eigenvalue weighted by atomic mass is 10.2. The molecule has 1 unspecified atom stereocenters. The van der Waals surface area contributed by atoms with Gasteiger partial charge in [-0.3, -0.25) is 4.98 Å². The lowest BCUT2D eigenvalue weighted by molar-refractivity contribution is 0.649. The second-order valence-electron chi connectivity index (χ2n) is 4.89. The molecule has 17 heavy (non-hydrogen) atoms. The van der Waals surface area contributed by atoms with E-state index in [1.807, 2.05) is 12.4 Å². The molecule has 0 bridgehead atoms. The van der Waals surface area contributed by atoms with Crippen molar-refractivity contribution in [3.05, 3.63) is 18.1 Å². The molecule has 1 atom stereocenters. The third kappa shape index (κ3) is 3.40. The van der Waals surface area contributed by atoms with E-state index in [9.17, 15) is 0 Å². The van der Waals surface area contributed by atoms with E-state index in [4.69, 9.17) is 0 Å². The van der Waals surface area contributed by atoms with E-state index in [1.54, 1.807) is 0 Å². The van der Waals surface area contributed by atoms with Gasteiger partial charge in [-0.05, 0) is 26.2 Å². The van der Waals surface area contributed by atoms with Gasteiger partial charge in [0, 0.05) is 25.7 Å². The standard InChI is InChI=1S/C13H22N4/c1-4-10(2)17(3)13-9-15-12(8-16-13)7-14-11-5-6-11/h8-11,14H,4-7H2,1-3H3. The number of rotatable bonds is 6. The molecule has 4 nitrogen and oxygen atoms in total. The van der Waals surface area contributed by atoms with Crippen LogP contribution in [0.2, 0.25) is 0 Å². The summed E-state index contributed by atoms with van der Waals surface area (Å²) in [6.07, 6.45) is 7.48. The summed E-state index contributed by atoms with van der Waals surface area (Å²) in [5.74, 6) is 0.953. The van der Waals surface area contributed by atoms with Gasteiger partial charge in [0.25, 0.3) is 0 Å². The third-order valence-corrected chi connectivity index (χ3v) is 3.45. The first kappa shape index (κ1) is 12.3. The van der Waals surface area contributed by atoms with Crippen LogP contribution in [0.5, 0.6) is 0 Å². The second-order valence-corrected chi connectivity index (χ2v) is 4.89. The van der Waals surface area contributed by atoms with Crippen molar-refractivity contribution in [3.63, 3.8) is 0 Å². The molecule has 1 aliphatic rings. The van der Waals surface area contributed by atoms with Crippen molar-refractivity contribution < 1.29 is 0 Å². The lowest BCUT2D eigenvalue weighted by Gasteiger charge is -2.24. The summed E-state index contributed by atoms with van der Waals surface area (Å²) in [5, 5.41) is 3.44. The van der Waals surface area contributed by atoms with Crippen molar-refractivity contribution in [1.29, 1.82) is 0 Å². The Labute approximate surface area is 103 Å². The first-order valence-corrected chi connectivity index (χ1v) is 6.47. The van der Waals surface area contributed by atoms with E-state index in [0.717, 1.165) is 30.5 Å². The van der Waals surface area contributed by atoms with Gasteiger partial charge in [0.05, 0.1) is 18.1 Å². The molecule has 1 saturated carbocycles. The zero-order valence-corrected chi connectivity index (χ0v) is 11.0. The maximum atomic E-state index is 4.47.